The molecule has 0 atom stereocenters. The van der Waals surface area contributed by atoms with Gasteiger partial charge in [-0.25, -0.2) is 0 Å². The number of aryl methyl sites for hydroxylation is 2. The first-order valence-corrected chi connectivity index (χ1v) is 9.92. The number of carbonyl (C=O) groups excluding carboxylic acids is 1. The van der Waals surface area contributed by atoms with Crippen molar-refractivity contribution in [1.82, 2.24) is 9.78 Å². The maximum absolute atomic E-state index is 12.6. The molecule has 3 aromatic rings. The maximum Gasteiger partial charge on any atom is 0.255 e. The van der Waals surface area contributed by atoms with Crippen LogP contribution in [0.1, 0.15) is 27.3 Å². The molecule has 6 nitrogen and oxygen atoms in total. The van der Waals surface area contributed by atoms with Crippen LogP contribution in [-0.4, -0.2) is 42.0 Å². The molecular formula is C23H26N4O2. The molecule has 4 rings (SSSR count). The lowest BCUT2D eigenvalue weighted by Crippen LogP contribution is -2.36. The predicted octanol–water partition coefficient (Wildman–Crippen LogP) is 3.64. The van der Waals surface area contributed by atoms with Crippen molar-refractivity contribution in [3.63, 3.8) is 0 Å². The summed E-state index contributed by atoms with van der Waals surface area (Å²) < 4.78 is 7.36. The van der Waals surface area contributed by atoms with Crippen molar-refractivity contribution in [3.05, 3.63) is 77.1 Å². The molecule has 2 aromatic carbocycles. The van der Waals surface area contributed by atoms with E-state index in [-0.39, 0.29) is 5.91 Å². The molecule has 6 heteroatoms. The highest BCUT2D eigenvalue weighted by Gasteiger charge is 2.12. The average Bonchev–Trinajstić information content (AvgIpc) is 3.06. The molecule has 0 radical (unpaired) electrons. The number of morpholine rings is 1. The molecule has 1 N–H and O–H groups in total. The number of aromatic nitrogens is 2. The zero-order valence-corrected chi connectivity index (χ0v) is 16.9. The summed E-state index contributed by atoms with van der Waals surface area (Å²) in [4.78, 5) is 14.9. The van der Waals surface area contributed by atoms with Crippen molar-refractivity contribution in [3.8, 4) is 0 Å². The molecule has 1 aromatic heterocycles. The minimum atomic E-state index is -0.109. The fourth-order valence-corrected chi connectivity index (χ4v) is 3.55. The number of nitrogens with zero attached hydrogens (tertiary/aromatic N) is 3. The van der Waals surface area contributed by atoms with Gasteiger partial charge in [0.25, 0.3) is 5.91 Å². The minimum absolute atomic E-state index is 0.109. The molecular weight excluding hydrogens is 364 g/mol. The molecule has 0 saturated carbocycles. The average molecular weight is 390 g/mol. The van der Waals surface area contributed by atoms with Gasteiger partial charge in [-0.2, -0.15) is 5.10 Å². The van der Waals surface area contributed by atoms with Gasteiger partial charge in [-0.15, -0.1) is 0 Å². The summed E-state index contributed by atoms with van der Waals surface area (Å²) in [5.41, 5.74) is 5.84. The second-order valence-corrected chi connectivity index (χ2v) is 7.38. The highest BCUT2D eigenvalue weighted by molar-refractivity contribution is 6.04. The summed E-state index contributed by atoms with van der Waals surface area (Å²) >= 11 is 0. The van der Waals surface area contributed by atoms with Crippen molar-refractivity contribution in [1.29, 1.82) is 0 Å². The Hall–Kier alpha value is -3.12. The summed E-state index contributed by atoms with van der Waals surface area (Å²) in [6.45, 7) is 8.05. The van der Waals surface area contributed by atoms with E-state index in [1.54, 1.807) is 0 Å². The predicted molar refractivity (Wildman–Crippen MR) is 115 cm³/mol. The lowest BCUT2D eigenvalue weighted by molar-refractivity contribution is 0.102. The number of nitrogens with one attached hydrogen (secondary N) is 1. The Labute approximate surface area is 171 Å². The van der Waals surface area contributed by atoms with Crippen LogP contribution in [0.25, 0.3) is 0 Å². The summed E-state index contributed by atoms with van der Waals surface area (Å²) in [6.07, 6.45) is 0. The highest BCUT2D eigenvalue weighted by atomic mass is 16.5. The van der Waals surface area contributed by atoms with E-state index in [9.17, 15) is 4.79 Å². The minimum Gasteiger partial charge on any atom is -0.378 e. The van der Waals surface area contributed by atoms with E-state index in [1.807, 2.05) is 67.1 Å². The molecule has 29 heavy (non-hydrogen) atoms. The normalized spacial score (nSPS) is 14.1. The molecule has 0 bridgehead atoms. The second-order valence-electron chi connectivity index (χ2n) is 7.38. The smallest absolute Gasteiger partial charge is 0.255 e. The fourth-order valence-electron chi connectivity index (χ4n) is 3.55. The Balaban J connectivity index is 1.37. The molecule has 1 amide bonds. The SMILES string of the molecule is Cc1cc(C)n(Cc2ccc(C(=O)Nc3ccc(N4CCOCC4)cc3)cc2)n1. The van der Waals surface area contributed by atoms with Crippen molar-refractivity contribution < 1.29 is 9.53 Å². The second kappa shape index (κ2) is 8.49. The van der Waals surface area contributed by atoms with E-state index in [0.717, 1.165) is 54.6 Å². The van der Waals surface area contributed by atoms with Crippen molar-refractivity contribution in [2.45, 2.75) is 20.4 Å². The first-order chi connectivity index (χ1) is 14.1. The largest absolute Gasteiger partial charge is 0.378 e. The molecule has 2 heterocycles. The van der Waals surface area contributed by atoms with E-state index < -0.39 is 0 Å². The standard InChI is InChI=1S/C23H26N4O2/c1-17-15-18(2)27(25-17)16-19-3-5-20(6-4-19)23(28)24-21-7-9-22(10-8-21)26-11-13-29-14-12-26/h3-10,15H,11-14,16H2,1-2H3,(H,24,28). The Morgan fingerprint density at radius 3 is 2.34 bits per heavy atom. The van der Waals surface area contributed by atoms with Gasteiger partial charge >= 0.3 is 0 Å². The van der Waals surface area contributed by atoms with Crippen molar-refractivity contribution in [2.24, 2.45) is 0 Å². The Bertz CT molecular complexity index is 971. The van der Waals surface area contributed by atoms with Gasteiger partial charge < -0.3 is 15.0 Å². The van der Waals surface area contributed by atoms with Gasteiger partial charge in [0.1, 0.15) is 0 Å². The van der Waals surface area contributed by atoms with Crippen LogP contribution >= 0.6 is 0 Å². The quantitative estimate of drug-likeness (QED) is 0.723. The first-order valence-electron chi connectivity index (χ1n) is 9.92. The molecule has 1 aliphatic heterocycles. The number of anilines is 2. The number of amides is 1. The van der Waals surface area contributed by atoms with Crippen LogP contribution in [0.2, 0.25) is 0 Å². The number of hydrogen-bond donors (Lipinski definition) is 1. The zero-order chi connectivity index (χ0) is 20.2. The van der Waals surface area contributed by atoms with Crippen LogP contribution < -0.4 is 10.2 Å². The number of rotatable bonds is 5. The van der Waals surface area contributed by atoms with E-state index in [1.165, 1.54) is 0 Å². The third-order valence-electron chi connectivity index (χ3n) is 5.15. The summed E-state index contributed by atoms with van der Waals surface area (Å²) in [6, 6.07) is 17.7. The highest BCUT2D eigenvalue weighted by Crippen LogP contribution is 2.19. The Morgan fingerprint density at radius 2 is 1.72 bits per heavy atom. The summed E-state index contributed by atoms with van der Waals surface area (Å²) in [5.74, 6) is -0.109. The van der Waals surface area contributed by atoms with Gasteiger partial charge in [0.2, 0.25) is 0 Å². The number of benzene rings is 2. The van der Waals surface area contributed by atoms with E-state index >= 15 is 0 Å². The monoisotopic (exact) mass is 390 g/mol. The molecule has 0 aliphatic carbocycles. The van der Waals surface area contributed by atoms with Gasteiger partial charge in [0, 0.05) is 35.7 Å². The Kier molecular flexibility index (Phi) is 5.62. The third-order valence-corrected chi connectivity index (χ3v) is 5.15. The molecule has 1 saturated heterocycles. The number of carbonyl (C=O) groups is 1. The van der Waals surface area contributed by atoms with Gasteiger partial charge in [-0.3, -0.25) is 9.48 Å². The van der Waals surface area contributed by atoms with Crippen LogP contribution in [0.4, 0.5) is 11.4 Å². The molecule has 1 aliphatic rings. The van der Waals surface area contributed by atoms with Crippen LogP contribution in [0.15, 0.2) is 54.6 Å². The van der Waals surface area contributed by atoms with E-state index in [0.29, 0.717) is 12.1 Å². The molecule has 1 fully saturated rings. The number of hydrogen-bond acceptors (Lipinski definition) is 4. The summed E-state index contributed by atoms with van der Waals surface area (Å²) in [7, 11) is 0. The van der Waals surface area contributed by atoms with Gasteiger partial charge in [0.05, 0.1) is 25.5 Å². The van der Waals surface area contributed by atoms with Crippen molar-refractivity contribution >= 4 is 17.3 Å². The van der Waals surface area contributed by atoms with Gasteiger partial charge in [-0.05, 0) is 61.9 Å². The molecule has 0 unspecified atom stereocenters. The Morgan fingerprint density at radius 1 is 1.03 bits per heavy atom. The third kappa shape index (κ3) is 4.66. The molecule has 150 valence electrons. The van der Waals surface area contributed by atoms with Crippen LogP contribution in [0.5, 0.6) is 0 Å². The topological polar surface area (TPSA) is 59.4 Å². The van der Waals surface area contributed by atoms with Crippen LogP contribution in [0.3, 0.4) is 0 Å². The fraction of sp³-hybridized carbons (Fsp3) is 0.304. The number of ether oxygens (including phenoxy) is 1. The lowest BCUT2D eigenvalue weighted by atomic mass is 10.1. The van der Waals surface area contributed by atoms with Crippen LogP contribution in [-0.2, 0) is 11.3 Å². The lowest BCUT2D eigenvalue weighted by Gasteiger charge is -2.28. The maximum atomic E-state index is 12.6. The van der Waals surface area contributed by atoms with Crippen molar-refractivity contribution in [2.75, 3.05) is 36.5 Å². The molecule has 0 spiro atoms. The first kappa shape index (κ1) is 19.2. The van der Waals surface area contributed by atoms with Crippen LogP contribution in [0, 0.1) is 13.8 Å². The zero-order valence-electron chi connectivity index (χ0n) is 16.9. The van der Waals surface area contributed by atoms with E-state index in [4.69, 9.17) is 4.74 Å². The van der Waals surface area contributed by atoms with Gasteiger partial charge in [0.15, 0.2) is 0 Å². The van der Waals surface area contributed by atoms with E-state index in [2.05, 4.69) is 21.4 Å². The van der Waals surface area contributed by atoms with Gasteiger partial charge in [-0.1, -0.05) is 12.1 Å². The summed E-state index contributed by atoms with van der Waals surface area (Å²) in [5, 5.41) is 7.46.